The highest BCUT2D eigenvalue weighted by atomic mass is 16.5. The van der Waals surface area contributed by atoms with Gasteiger partial charge in [-0.05, 0) is 74.7 Å². The number of aromatic nitrogens is 4. The summed E-state index contributed by atoms with van der Waals surface area (Å²) in [6.07, 6.45) is 4.42. The molecule has 4 fully saturated rings. The number of carbonyl (C=O) groups is 2. The number of fused-ring (bicyclic) bond motifs is 3. The van der Waals surface area contributed by atoms with Gasteiger partial charge in [-0.15, -0.1) is 0 Å². The number of carbonyl (C=O) groups excluding carboxylic acids is 1. The molecule has 2 aromatic heterocycles. The van der Waals surface area contributed by atoms with Gasteiger partial charge in [0.05, 0.1) is 42.9 Å². The van der Waals surface area contributed by atoms with Crippen molar-refractivity contribution in [1.29, 1.82) is 0 Å². The number of likely N-dealkylation sites (tertiary alicyclic amines) is 1. The monoisotopic (exact) mass is 680 g/mol. The Bertz CT molecular complexity index is 1820. The van der Waals surface area contributed by atoms with Crippen molar-refractivity contribution in [2.45, 2.75) is 50.4 Å². The number of amides is 3. The van der Waals surface area contributed by atoms with Crippen LogP contribution in [0.5, 0.6) is 0 Å². The van der Waals surface area contributed by atoms with Crippen LogP contribution in [-0.4, -0.2) is 123 Å². The van der Waals surface area contributed by atoms with Gasteiger partial charge in [0.1, 0.15) is 5.82 Å². The third-order valence-corrected chi connectivity index (χ3v) is 10.6. The largest absolute Gasteiger partial charge is 0.465 e. The number of nitrogens with one attached hydrogen (secondary N) is 2. The molecule has 4 aromatic rings. The first-order valence-electron chi connectivity index (χ1n) is 17.7. The quantitative estimate of drug-likeness (QED) is 0.254. The molecule has 6 heterocycles. The summed E-state index contributed by atoms with van der Waals surface area (Å²) in [5.74, 6) is 1.45. The number of piperidine rings is 1. The third-order valence-electron chi connectivity index (χ3n) is 10.6. The molecule has 4 aliphatic rings. The van der Waals surface area contributed by atoms with Gasteiger partial charge in [-0.25, -0.2) is 24.2 Å². The zero-order valence-electron chi connectivity index (χ0n) is 28.4. The van der Waals surface area contributed by atoms with Gasteiger partial charge >= 0.3 is 12.1 Å². The number of rotatable bonds is 7. The molecule has 0 saturated carbocycles. The van der Waals surface area contributed by atoms with Crippen molar-refractivity contribution in [2.75, 3.05) is 75.1 Å². The molecule has 14 heteroatoms. The summed E-state index contributed by atoms with van der Waals surface area (Å²) in [4.78, 5) is 43.3. The van der Waals surface area contributed by atoms with E-state index in [1.807, 2.05) is 47.3 Å². The van der Waals surface area contributed by atoms with Gasteiger partial charge in [-0.2, -0.15) is 5.10 Å². The van der Waals surface area contributed by atoms with Crippen LogP contribution in [0.2, 0.25) is 0 Å². The van der Waals surface area contributed by atoms with Gasteiger partial charge in [0.25, 0.3) is 0 Å². The lowest BCUT2D eigenvalue weighted by molar-refractivity contribution is 0.0904. The van der Waals surface area contributed by atoms with Crippen LogP contribution in [0.4, 0.5) is 26.8 Å². The Kier molecular flexibility index (Phi) is 8.98. The highest BCUT2D eigenvalue weighted by Gasteiger charge is 2.40. The van der Waals surface area contributed by atoms with E-state index in [9.17, 15) is 14.7 Å². The molecule has 8 rings (SSSR count). The van der Waals surface area contributed by atoms with Crippen molar-refractivity contribution >= 4 is 40.4 Å². The number of hydrogen-bond donors (Lipinski definition) is 3. The van der Waals surface area contributed by atoms with Crippen molar-refractivity contribution in [3.05, 3.63) is 60.3 Å². The maximum Gasteiger partial charge on any atom is 0.407 e. The average Bonchev–Trinajstić information content (AvgIpc) is 3.67. The molecule has 2 bridgehead atoms. The van der Waals surface area contributed by atoms with Crippen LogP contribution in [0.25, 0.3) is 22.4 Å². The van der Waals surface area contributed by atoms with Gasteiger partial charge in [-0.1, -0.05) is 12.1 Å². The van der Waals surface area contributed by atoms with Crippen molar-refractivity contribution < 1.29 is 19.4 Å². The van der Waals surface area contributed by atoms with E-state index in [-0.39, 0.29) is 24.2 Å². The highest BCUT2D eigenvalue weighted by Crippen LogP contribution is 2.38. The summed E-state index contributed by atoms with van der Waals surface area (Å²) in [7, 11) is 2.16. The number of piperazine rings is 1. The normalized spacial score (nSPS) is 21.9. The van der Waals surface area contributed by atoms with Gasteiger partial charge in [0, 0.05) is 62.8 Å². The minimum absolute atomic E-state index is 0.0401. The molecule has 4 aliphatic heterocycles. The van der Waals surface area contributed by atoms with Crippen LogP contribution < -0.4 is 15.5 Å². The van der Waals surface area contributed by atoms with Crippen LogP contribution in [-0.2, 0) is 11.3 Å². The molecule has 14 nitrogen and oxygen atoms in total. The Balaban J connectivity index is 0.987. The molecule has 2 unspecified atom stereocenters. The van der Waals surface area contributed by atoms with Gasteiger partial charge in [0.2, 0.25) is 0 Å². The predicted octanol–water partition coefficient (Wildman–Crippen LogP) is 4.57. The van der Waals surface area contributed by atoms with E-state index >= 15 is 0 Å². The van der Waals surface area contributed by atoms with E-state index in [0.717, 1.165) is 73.7 Å². The summed E-state index contributed by atoms with van der Waals surface area (Å²) >= 11 is 0. The molecular weight excluding hydrogens is 636 g/mol. The SMILES string of the molecule is CN1CCN(Cc2ccc(NC(=O)Nc3ccc(-c4nc(N5C6CCC5COC6)c5cnn(C6CCN(C(=O)O)CC6)c5n4)cc3)cc2)CC1. The second-order valence-corrected chi connectivity index (χ2v) is 14.0. The molecule has 4 saturated heterocycles. The van der Waals surface area contributed by atoms with Crippen LogP contribution in [0, 0.1) is 0 Å². The van der Waals surface area contributed by atoms with E-state index in [1.165, 1.54) is 10.5 Å². The summed E-state index contributed by atoms with van der Waals surface area (Å²) in [6, 6.07) is 15.8. The highest BCUT2D eigenvalue weighted by molar-refractivity contribution is 6.00. The second-order valence-electron chi connectivity index (χ2n) is 14.0. The molecule has 0 spiro atoms. The smallest absolute Gasteiger partial charge is 0.407 e. The predicted molar refractivity (Wildman–Crippen MR) is 191 cm³/mol. The lowest BCUT2D eigenvalue weighted by atomic mass is 10.1. The fourth-order valence-electron chi connectivity index (χ4n) is 7.73. The first kappa shape index (κ1) is 32.4. The zero-order chi connectivity index (χ0) is 34.2. The van der Waals surface area contributed by atoms with Crippen LogP contribution in [0.15, 0.2) is 54.7 Å². The Morgan fingerprint density at radius 1 is 0.820 bits per heavy atom. The number of urea groups is 1. The van der Waals surface area contributed by atoms with E-state index < -0.39 is 6.09 Å². The summed E-state index contributed by atoms with van der Waals surface area (Å²) in [6.45, 7) is 7.47. The number of nitrogens with zero attached hydrogens (tertiary/aromatic N) is 8. The Labute approximate surface area is 291 Å². The molecule has 3 N–H and O–H groups in total. The number of morpholine rings is 1. The van der Waals surface area contributed by atoms with E-state index in [0.29, 0.717) is 50.7 Å². The Morgan fingerprint density at radius 2 is 1.46 bits per heavy atom. The van der Waals surface area contributed by atoms with Crippen molar-refractivity contribution in [3.8, 4) is 11.4 Å². The van der Waals surface area contributed by atoms with Gasteiger partial charge < -0.3 is 35.2 Å². The number of carboxylic acid groups (broad SMARTS) is 1. The van der Waals surface area contributed by atoms with E-state index in [1.54, 1.807) is 0 Å². The lowest BCUT2D eigenvalue weighted by Gasteiger charge is -2.36. The van der Waals surface area contributed by atoms with Crippen molar-refractivity contribution in [2.24, 2.45) is 0 Å². The van der Waals surface area contributed by atoms with Crippen LogP contribution in [0.1, 0.15) is 37.3 Å². The van der Waals surface area contributed by atoms with Gasteiger partial charge in [-0.3, -0.25) is 4.90 Å². The van der Waals surface area contributed by atoms with Crippen molar-refractivity contribution in [3.63, 3.8) is 0 Å². The molecule has 50 heavy (non-hydrogen) atoms. The fourth-order valence-corrected chi connectivity index (χ4v) is 7.73. The zero-order valence-corrected chi connectivity index (χ0v) is 28.4. The number of ether oxygens (including phenoxy) is 1. The molecule has 262 valence electrons. The first-order valence-corrected chi connectivity index (χ1v) is 17.7. The average molecular weight is 681 g/mol. The summed E-state index contributed by atoms with van der Waals surface area (Å²) in [5, 5.41) is 21.0. The standard InChI is InChI=1S/C36H44N10O4/c1-42-16-18-43(19-17-42)21-24-2-6-26(7-3-24)38-35(47)39-27-8-4-25(5-9-27)32-40-33(45-29-10-11-30(45)23-50-22-29)31-20-37-46(34(31)41-32)28-12-14-44(15-13-28)36(48)49/h2-9,20,28-30H,10-19,21-23H2,1H3,(H,48,49)(H2,38,39,47). The summed E-state index contributed by atoms with van der Waals surface area (Å²) < 4.78 is 7.85. The molecule has 0 radical (unpaired) electrons. The molecule has 2 atom stereocenters. The molecular formula is C36H44N10O4. The topological polar surface area (TPSA) is 144 Å². The van der Waals surface area contributed by atoms with Gasteiger partial charge in [0.15, 0.2) is 11.5 Å². The summed E-state index contributed by atoms with van der Waals surface area (Å²) in [5.41, 5.74) is 4.19. The molecule has 3 amide bonds. The van der Waals surface area contributed by atoms with Crippen LogP contribution >= 0.6 is 0 Å². The van der Waals surface area contributed by atoms with E-state index in [4.69, 9.17) is 19.8 Å². The van der Waals surface area contributed by atoms with E-state index in [2.05, 4.69) is 44.5 Å². The van der Waals surface area contributed by atoms with Crippen LogP contribution in [0.3, 0.4) is 0 Å². The Hall–Kier alpha value is -4.79. The minimum atomic E-state index is -0.885. The minimum Gasteiger partial charge on any atom is -0.465 e. The number of hydrogen-bond acceptors (Lipinski definition) is 9. The van der Waals surface area contributed by atoms with Crippen molar-refractivity contribution in [1.82, 2.24) is 34.4 Å². The maximum atomic E-state index is 12.9. The maximum absolute atomic E-state index is 12.9. The number of likely N-dealkylation sites (N-methyl/N-ethyl adjacent to an activating group) is 1. The first-order chi connectivity index (χ1) is 24.4. The number of anilines is 3. The Morgan fingerprint density at radius 3 is 2.10 bits per heavy atom. The second kappa shape index (κ2) is 13.8. The fraction of sp³-hybridized carbons (Fsp3) is 0.472. The number of benzene rings is 2. The third kappa shape index (κ3) is 6.70. The lowest BCUT2D eigenvalue weighted by Crippen LogP contribution is -2.46. The molecule has 2 aromatic carbocycles. The molecule has 0 aliphatic carbocycles.